The molecular weight excluding hydrogens is 383 g/mol. The van der Waals surface area contributed by atoms with Gasteiger partial charge in [-0.05, 0) is 43.5 Å². The molecule has 0 spiro atoms. The lowest BCUT2D eigenvalue weighted by Crippen LogP contribution is -2.43. The van der Waals surface area contributed by atoms with E-state index in [0.29, 0.717) is 37.9 Å². The van der Waals surface area contributed by atoms with Gasteiger partial charge >= 0.3 is 0 Å². The van der Waals surface area contributed by atoms with E-state index in [1.54, 1.807) is 12.1 Å². The molecule has 1 aliphatic rings. The van der Waals surface area contributed by atoms with E-state index in [1.165, 1.54) is 23.3 Å². The third-order valence-corrected chi connectivity index (χ3v) is 4.89. The van der Waals surface area contributed by atoms with E-state index in [-0.39, 0.29) is 24.4 Å². The summed E-state index contributed by atoms with van der Waals surface area (Å²) in [6, 6.07) is 14.3. The molecule has 3 rings (SSSR count). The van der Waals surface area contributed by atoms with Crippen LogP contribution in [0.4, 0.5) is 4.39 Å². The second kappa shape index (κ2) is 10.6. The van der Waals surface area contributed by atoms with Crippen LogP contribution in [-0.2, 0) is 17.8 Å². The van der Waals surface area contributed by atoms with Gasteiger partial charge in [-0.15, -0.1) is 0 Å². The third kappa shape index (κ3) is 6.20. The first kappa shape index (κ1) is 21.6. The van der Waals surface area contributed by atoms with Crippen molar-refractivity contribution in [1.29, 1.82) is 0 Å². The minimum absolute atomic E-state index is 0.00534. The van der Waals surface area contributed by atoms with Crippen LogP contribution in [0.3, 0.4) is 0 Å². The lowest BCUT2D eigenvalue weighted by molar-refractivity contribution is -0.130. The van der Waals surface area contributed by atoms with E-state index < -0.39 is 0 Å². The van der Waals surface area contributed by atoms with Crippen molar-refractivity contribution in [3.05, 3.63) is 65.5 Å². The van der Waals surface area contributed by atoms with Crippen LogP contribution in [0.5, 0.6) is 5.75 Å². The quantitative estimate of drug-likeness (QED) is 0.542. The van der Waals surface area contributed by atoms with Crippen LogP contribution in [-0.4, -0.2) is 49.0 Å². The molecule has 0 radical (unpaired) electrons. The number of guanidine groups is 1. The van der Waals surface area contributed by atoms with Crippen molar-refractivity contribution >= 4 is 11.9 Å². The Labute approximate surface area is 177 Å². The lowest BCUT2D eigenvalue weighted by atomic mass is 10.00. The van der Waals surface area contributed by atoms with Gasteiger partial charge in [-0.2, -0.15) is 0 Å². The third-order valence-electron chi connectivity index (χ3n) is 4.89. The first-order valence-corrected chi connectivity index (χ1v) is 10.3. The average molecular weight is 413 g/mol. The van der Waals surface area contributed by atoms with Gasteiger partial charge in [0.25, 0.3) is 0 Å². The number of carbonyl (C=O) groups excluding carboxylic acids is 1. The zero-order chi connectivity index (χ0) is 21.3. The highest BCUT2D eigenvalue weighted by Crippen LogP contribution is 2.18. The highest BCUT2D eigenvalue weighted by atomic mass is 19.1. The molecule has 1 amide bonds. The highest BCUT2D eigenvalue weighted by Gasteiger charge is 2.20. The molecular formula is C23H29FN4O2. The summed E-state index contributed by atoms with van der Waals surface area (Å²) in [5, 5.41) is 6.32. The Bertz CT molecular complexity index is 887. The number of nitrogens with one attached hydrogen (secondary N) is 2. The summed E-state index contributed by atoms with van der Waals surface area (Å²) in [4.78, 5) is 18.9. The molecule has 0 saturated carbocycles. The molecule has 0 aromatic heterocycles. The molecule has 0 saturated heterocycles. The van der Waals surface area contributed by atoms with Crippen molar-refractivity contribution in [1.82, 2.24) is 15.5 Å². The molecule has 1 heterocycles. The number of halogens is 1. The molecule has 2 aromatic carbocycles. The number of rotatable bonds is 7. The lowest BCUT2D eigenvalue weighted by Gasteiger charge is -2.28. The maximum absolute atomic E-state index is 13.3. The number of carbonyl (C=O) groups is 1. The summed E-state index contributed by atoms with van der Waals surface area (Å²) < 4.78 is 19.0. The predicted octanol–water partition coefficient (Wildman–Crippen LogP) is 2.73. The predicted molar refractivity (Wildman–Crippen MR) is 116 cm³/mol. The Hall–Kier alpha value is -3.09. The van der Waals surface area contributed by atoms with Crippen LogP contribution in [0.1, 0.15) is 25.0 Å². The summed E-state index contributed by atoms with van der Waals surface area (Å²) >= 11 is 0. The maximum atomic E-state index is 13.3. The molecule has 2 N–H and O–H groups in total. The number of fused-ring (bicyclic) bond motifs is 1. The minimum atomic E-state index is -0.332. The van der Waals surface area contributed by atoms with Crippen molar-refractivity contribution in [3.8, 4) is 5.75 Å². The van der Waals surface area contributed by atoms with Gasteiger partial charge in [-0.25, -0.2) is 9.38 Å². The fraction of sp³-hybridized carbons (Fsp3) is 0.391. The second-order valence-electron chi connectivity index (χ2n) is 7.30. The Morgan fingerprint density at radius 3 is 2.77 bits per heavy atom. The zero-order valence-corrected chi connectivity index (χ0v) is 17.5. The Balaban J connectivity index is 1.50. The van der Waals surface area contributed by atoms with Crippen LogP contribution >= 0.6 is 0 Å². The number of amides is 1. The minimum Gasteiger partial charge on any atom is -0.489 e. The molecule has 6 nitrogen and oxygen atoms in total. The van der Waals surface area contributed by atoms with E-state index in [1.807, 2.05) is 30.9 Å². The van der Waals surface area contributed by atoms with E-state index in [0.717, 1.165) is 6.42 Å². The molecule has 30 heavy (non-hydrogen) atoms. The normalized spacial score (nSPS) is 14.6. The van der Waals surface area contributed by atoms with Gasteiger partial charge in [0, 0.05) is 25.7 Å². The van der Waals surface area contributed by atoms with E-state index in [9.17, 15) is 9.18 Å². The van der Waals surface area contributed by atoms with Crippen LogP contribution in [0.25, 0.3) is 0 Å². The highest BCUT2D eigenvalue weighted by molar-refractivity contribution is 5.85. The smallest absolute Gasteiger partial charge is 0.244 e. The van der Waals surface area contributed by atoms with Gasteiger partial charge in [0.05, 0.1) is 6.54 Å². The second-order valence-corrected chi connectivity index (χ2v) is 7.30. The van der Waals surface area contributed by atoms with E-state index in [2.05, 4.69) is 27.8 Å². The molecule has 2 aromatic rings. The summed E-state index contributed by atoms with van der Waals surface area (Å²) in [6.07, 6.45) is 0.670. The summed E-state index contributed by atoms with van der Waals surface area (Å²) in [5.41, 5.74) is 2.52. The standard InChI is InChI=1S/C23H29FN4O2/c1-3-25-23(26-14-17(2)30-21-10-6-9-20(24)13-21)27-15-22(29)28-12-11-18-7-4-5-8-19(18)16-28/h4-10,13,17H,3,11-12,14-16H2,1-2H3,(H2,25,26,27). The van der Waals surface area contributed by atoms with E-state index >= 15 is 0 Å². The number of hydrogen-bond acceptors (Lipinski definition) is 3. The summed E-state index contributed by atoms with van der Waals surface area (Å²) in [7, 11) is 0. The Morgan fingerprint density at radius 1 is 1.20 bits per heavy atom. The largest absolute Gasteiger partial charge is 0.489 e. The van der Waals surface area contributed by atoms with Crippen LogP contribution < -0.4 is 15.4 Å². The van der Waals surface area contributed by atoms with Gasteiger partial charge in [0.15, 0.2) is 5.96 Å². The van der Waals surface area contributed by atoms with Gasteiger partial charge in [-0.3, -0.25) is 4.79 Å². The number of hydrogen-bond donors (Lipinski definition) is 2. The van der Waals surface area contributed by atoms with Crippen molar-refractivity contribution in [3.63, 3.8) is 0 Å². The molecule has 0 bridgehead atoms. The molecule has 1 atom stereocenters. The first-order chi connectivity index (χ1) is 14.5. The first-order valence-electron chi connectivity index (χ1n) is 10.3. The molecule has 0 aliphatic carbocycles. The van der Waals surface area contributed by atoms with Gasteiger partial charge in [-0.1, -0.05) is 30.3 Å². The number of nitrogens with zero attached hydrogens (tertiary/aromatic N) is 2. The van der Waals surface area contributed by atoms with Crippen LogP contribution in [0.15, 0.2) is 53.5 Å². The number of aliphatic imine (C=N–C) groups is 1. The molecule has 7 heteroatoms. The number of ether oxygens (including phenoxy) is 1. The van der Waals surface area contributed by atoms with Gasteiger partial charge in [0.2, 0.25) is 5.91 Å². The molecule has 0 fully saturated rings. The average Bonchev–Trinajstić information content (AvgIpc) is 2.75. The topological polar surface area (TPSA) is 66.0 Å². The van der Waals surface area contributed by atoms with E-state index in [4.69, 9.17) is 4.74 Å². The molecule has 1 unspecified atom stereocenters. The molecule has 160 valence electrons. The van der Waals surface area contributed by atoms with Crippen molar-refractivity contribution in [2.24, 2.45) is 4.99 Å². The fourth-order valence-corrected chi connectivity index (χ4v) is 3.35. The van der Waals surface area contributed by atoms with Crippen LogP contribution in [0.2, 0.25) is 0 Å². The Kier molecular flexibility index (Phi) is 7.65. The maximum Gasteiger partial charge on any atom is 0.244 e. The fourth-order valence-electron chi connectivity index (χ4n) is 3.35. The number of benzene rings is 2. The van der Waals surface area contributed by atoms with Crippen molar-refractivity contribution < 1.29 is 13.9 Å². The van der Waals surface area contributed by atoms with Crippen molar-refractivity contribution in [2.75, 3.05) is 26.2 Å². The van der Waals surface area contributed by atoms with Crippen molar-refractivity contribution in [2.45, 2.75) is 32.9 Å². The zero-order valence-electron chi connectivity index (χ0n) is 17.5. The summed E-state index contributed by atoms with van der Waals surface area (Å²) in [5.74, 6) is 0.705. The molecule has 1 aliphatic heterocycles. The van der Waals surface area contributed by atoms with Crippen LogP contribution in [0, 0.1) is 5.82 Å². The van der Waals surface area contributed by atoms with Gasteiger partial charge < -0.3 is 20.3 Å². The monoisotopic (exact) mass is 412 g/mol. The summed E-state index contributed by atoms with van der Waals surface area (Å²) in [6.45, 7) is 6.42. The van der Waals surface area contributed by atoms with Gasteiger partial charge in [0.1, 0.15) is 24.2 Å². The Morgan fingerprint density at radius 2 is 2.00 bits per heavy atom. The SMILES string of the molecule is CCNC(=NCC(=O)N1CCc2ccccc2C1)NCC(C)Oc1cccc(F)c1.